The van der Waals surface area contributed by atoms with Crippen molar-refractivity contribution in [2.24, 2.45) is 0 Å². The molecule has 0 aliphatic heterocycles. The number of nitrogens with one attached hydrogen (secondary N) is 3. The highest BCUT2D eigenvalue weighted by Gasteiger charge is 2.14. The Labute approximate surface area is 172 Å². The number of rotatable bonds is 8. The normalized spacial score (nSPS) is 14.1. The van der Waals surface area contributed by atoms with Crippen LogP contribution in [0.5, 0.6) is 5.75 Å². The molecule has 0 radical (unpaired) electrons. The standard InChI is InChI=1S/C23H29N3O3/c1-2-29-21-11-7-6-10-20(21)23(28)24-16-22(27)26-19-14-12-18(13-15-19)25-17-8-4-3-5-9-17/h6-7,10-15,17,25H,2-5,8-9,16H2,1H3,(H,24,28)(H,26,27). The smallest absolute Gasteiger partial charge is 0.255 e. The van der Waals surface area contributed by atoms with Crippen LogP contribution in [-0.2, 0) is 4.79 Å². The fourth-order valence-electron chi connectivity index (χ4n) is 3.53. The minimum Gasteiger partial charge on any atom is -0.493 e. The van der Waals surface area contributed by atoms with Crippen LogP contribution in [0.2, 0.25) is 0 Å². The quantitative estimate of drug-likeness (QED) is 0.626. The zero-order valence-electron chi connectivity index (χ0n) is 16.9. The van der Waals surface area contributed by atoms with Gasteiger partial charge in [-0.15, -0.1) is 0 Å². The van der Waals surface area contributed by atoms with Crippen molar-refractivity contribution >= 4 is 23.2 Å². The molecular weight excluding hydrogens is 366 g/mol. The van der Waals surface area contributed by atoms with Gasteiger partial charge in [-0.05, 0) is 56.2 Å². The molecule has 2 amide bonds. The number of anilines is 2. The monoisotopic (exact) mass is 395 g/mol. The van der Waals surface area contributed by atoms with Crippen LogP contribution in [-0.4, -0.2) is 31.0 Å². The van der Waals surface area contributed by atoms with Crippen molar-refractivity contribution in [2.45, 2.75) is 45.1 Å². The Balaban J connectivity index is 1.47. The summed E-state index contributed by atoms with van der Waals surface area (Å²) in [5.74, 6) is -0.106. The second kappa shape index (κ2) is 10.5. The Morgan fingerprint density at radius 3 is 2.38 bits per heavy atom. The molecule has 6 nitrogen and oxygen atoms in total. The fraction of sp³-hybridized carbons (Fsp3) is 0.391. The van der Waals surface area contributed by atoms with E-state index >= 15 is 0 Å². The summed E-state index contributed by atoms with van der Waals surface area (Å²) >= 11 is 0. The molecule has 0 unspecified atom stereocenters. The van der Waals surface area contributed by atoms with Gasteiger partial charge in [0.15, 0.2) is 0 Å². The maximum Gasteiger partial charge on any atom is 0.255 e. The van der Waals surface area contributed by atoms with Gasteiger partial charge in [0.05, 0.1) is 18.7 Å². The highest BCUT2D eigenvalue weighted by molar-refractivity contribution is 6.00. The fourth-order valence-corrected chi connectivity index (χ4v) is 3.53. The van der Waals surface area contributed by atoms with Crippen molar-refractivity contribution in [3.63, 3.8) is 0 Å². The highest BCUT2D eigenvalue weighted by atomic mass is 16.5. The summed E-state index contributed by atoms with van der Waals surface area (Å²) in [4.78, 5) is 24.5. The number of para-hydroxylation sites is 1. The van der Waals surface area contributed by atoms with Crippen molar-refractivity contribution in [3.8, 4) is 5.75 Å². The van der Waals surface area contributed by atoms with Crippen molar-refractivity contribution in [1.82, 2.24) is 5.32 Å². The molecule has 0 saturated heterocycles. The summed E-state index contributed by atoms with van der Waals surface area (Å²) < 4.78 is 5.46. The van der Waals surface area contributed by atoms with E-state index in [0.717, 1.165) is 5.69 Å². The van der Waals surface area contributed by atoms with Gasteiger partial charge in [-0.1, -0.05) is 31.4 Å². The average molecular weight is 396 g/mol. The molecule has 0 bridgehead atoms. The summed E-state index contributed by atoms with van der Waals surface area (Å²) in [6.07, 6.45) is 6.32. The molecule has 154 valence electrons. The third-order valence-electron chi connectivity index (χ3n) is 4.99. The van der Waals surface area contributed by atoms with Crippen molar-refractivity contribution in [2.75, 3.05) is 23.8 Å². The summed E-state index contributed by atoms with van der Waals surface area (Å²) in [7, 11) is 0. The zero-order valence-corrected chi connectivity index (χ0v) is 16.9. The van der Waals surface area contributed by atoms with Gasteiger partial charge in [-0.3, -0.25) is 9.59 Å². The Hall–Kier alpha value is -3.02. The number of carbonyl (C=O) groups is 2. The SMILES string of the molecule is CCOc1ccccc1C(=O)NCC(=O)Nc1ccc(NC2CCCCC2)cc1. The minimum absolute atomic E-state index is 0.110. The first kappa shape index (κ1) is 20.7. The van der Waals surface area contributed by atoms with Crippen LogP contribution in [0.25, 0.3) is 0 Å². The van der Waals surface area contributed by atoms with E-state index < -0.39 is 0 Å². The molecule has 0 spiro atoms. The van der Waals surface area contributed by atoms with Crippen molar-refractivity contribution in [1.29, 1.82) is 0 Å². The molecular formula is C23H29N3O3. The first-order valence-electron chi connectivity index (χ1n) is 10.3. The maximum atomic E-state index is 12.4. The third kappa shape index (κ3) is 6.24. The predicted octanol–water partition coefficient (Wildman–Crippen LogP) is 4.20. The number of carbonyl (C=O) groups excluding carboxylic acids is 2. The van der Waals surface area contributed by atoms with E-state index in [9.17, 15) is 9.59 Å². The molecule has 2 aromatic rings. The third-order valence-corrected chi connectivity index (χ3v) is 4.99. The van der Waals surface area contributed by atoms with Crippen LogP contribution in [0.15, 0.2) is 48.5 Å². The van der Waals surface area contributed by atoms with Crippen molar-refractivity contribution < 1.29 is 14.3 Å². The van der Waals surface area contributed by atoms with Gasteiger partial charge >= 0.3 is 0 Å². The number of amides is 2. The lowest BCUT2D eigenvalue weighted by Gasteiger charge is -2.23. The Morgan fingerprint density at radius 2 is 1.66 bits per heavy atom. The minimum atomic E-state index is -0.337. The van der Waals surface area contributed by atoms with Crippen LogP contribution >= 0.6 is 0 Å². The van der Waals surface area contributed by atoms with E-state index in [2.05, 4.69) is 16.0 Å². The summed E-state index contributed by atoms with van der Waals surface area (Å²) in [6, 6.07) is 15.2. The van der Waals surface area contributed by atoms with E-state index in [1.54, 1.807) is 24.3 Å². The van der Waals surface area contributed by atoms with Gasteiger partial charge in [0.2, 0.25) is 5.91 Å². The van der Waals surface area contributed by atoms with Crippen LogP contribution in [0.3, 0.4) is 0 Å². The van der Waals surface area contributed by atoms with Gasteiger partial charge in [0.25, 0.3) is 5.91 Å². The van der Waals surface area contributed by atoms with Crippen LogP contribution in [0.1, 0.15) is 49.4 Å². The summed E-state index contributed by atoms with van der Waals surface area (Å²) in [5.41, 5.74) is 2.18. The first-order chi connectivity index (χ1) is 14.2. The van der Waals surface area contributed by atoms with Gasteiger partial charge in [0, 0.05) is 17.4 Å². The largest absolute Gasteiger partial charge is 0.493 e. The number of hydrogen-bond acceptors (Lipinski definition) is 4. The first-order valence-corrected chi connectivity index (χ1v) is 10.3. The predicted molar refractivity (Wildman–Crippen MR) is 116 cm³/mol. The summed E-state index contributed by atoms with van der Waals surface area (Å²) in [5, 5.41) is 9.00. The molecule has 1 aliphatic carbocycles. The van der Waals surface area contributed by atoms with Crippen LogP contribution in [0, 0.1) is 0 Å². The number of ether oxygens (including phenoxy) is 1. The molecule has 0 atom stereocenters. The van der Waals surface area contributed by atoms with Gasteiger partial charge < -0.3 is 20.7 Å². The Morgan fingerprint density at radius 1 is 0.966 bits per heavy atom. The lowest BCUT2D eigenvalue weighted by molar-refractivity contribution is -0.115. The van der Waals surface area contributed by atoms with E-state index in [-0.39, 0.29) is 18.4 Å². The maximum absolute atomic E-state index is 12.4. The topological polar surface area (TPSA) is 79.5 Å². The molecule has 1 aliphatic rings. The molecule has 0 heterocycles. The van der Waals surface area contributed by atoms with Gasteiger partial charge in [-0.2, -0.15) is 0 Å². The Kier molecular flexibility index (Phi) is 7.50. The van der Waals surface area contributed by atoms with E-state index in [1.165, 1.54) is 32.1 Å². The van der Waals surface area contributed by atoms with Gasteiger partial charge in [0.1, 0.15) is 5.75 Å². The van der Waals surface area contributed by atoms with Crippen LogP contribution < -0.4 is 20.7 Å². The van der Waals surface area contributed by atoms with Crippen molar-refractivity contribution in [3.05, 3.63) is 54.1 Å². The average Bonchev–Trinajstić information content (AvgIpc) is 2.75. The molecule has 3 rings (SSSR count). The second-order valence-electron chi connectivity index (χ2n) is 7.22. The highest BCUT2D eigenvalue weighted by Crippen LogP contribution is 2.22. The molecule has 6 heteroatoms. The lowest BCUT2D eigenvalue weighted by Crippen LogP contribution is -2.33. The molecule has 29 heavy (non-hydrogen) atoms. The molecule has 1 fully saturated rings. The van der Waals surface area contributed by atoms with E-state index in [0.29, 0.717) is 29.6 Å². The molecule has 0 aromatic heterocycles. The molecule has 2 aromatic carbocycles. The molecule has 1 saturated carbocycles. The van der Waals surface area contributed by atoms with E-state index in [1.807, 2.05) is 31.2 Å². The number of hydrogen-bond donors (Lipinski definition) is 3. The molecule has 3 N–H and O–H groups in total. The number of benzene rings is 2. The van der Waals surface area contributed by atoms with Gasteiger partial charge in [-0.25, -0.2) is 0 Å². The van der Waals surface area contributed by atoms with Crippen LogP contribution in [0.4, 0.5) is 11.4 Å². The summed E-state index contributed by atoms with van der Waals surface area (Å²) in [6.45, 7) is 2.22. The van der Waals surface area contributed by atoms with E-state index in [4.69, 9.17) is 4.74 Å². The zero-order chi connectivity index (χ0) is 20.5. The lowest BCUT2D eigenvalue weighted by atomic mass is 9.95. The Bertz CT molecular complexity index is 814. The second-order valence-corrected chi connectivity index (χ2v) is 7.22.